The summed E-state index contributed by atoms with van der Waals surface area (Å²) in [7, 11) is 2.11. The first-order valence-electron chi connectivity index (χ1n) is 6.27. The van der Waals surface area contributed by atoms with E-state index in [1.54, 1.807) is 13.0 Å². The second-order valence-corrected chi connectivity index (χ2v) is 4.85. The fourth-order valence-corrected chi connectivity index (χ4v) is 2.29. The lowest BCUT2D eigenvalue weighted by Crippen LogP contribution is -2.44. The van der Waals surface area contributed by atoms with E-state index in [2.05, 4.69) is 22.9 Å². The molecule has 1 fully saturated rings. The molecule has 1 aliphatic heterocycles. The quantitative estimate of drug-likeness (QED) is 0.855. The highest BCUT2D eigenvalue weighted by Gasteiger charge is 2.19. The zero-order valence-electron chi connectivity index (χ0n) is 10.9. The third kappa shape index (κ3) is 2.63. The van der Waals surface area contributed by atoms with Gasteiger partial charge in [0.2, 0.25) is 0 Å². The van der Waals surface area contributed by atoms with Crippen LogP contribution in [0.1, 0.15) is 24.2 Å². The molecular formula is C14H19N3O. The van der Waals surface area contributed by atoms with Crippen molar-refractivity contribution in [3.05, 3.63) is 29.3 Å². The van der Waals surface area contributed by atoms with Gasteiger partial charge in [0.15, 0.2) is 0 Å². The molecule has 1 N–H and O–H groups in total. The number of anilines is 1. The van der Waals surface area contributed by atoms with Crippen molar-refractivity contribution in [1.29, 1.82) is 5.26 Å². The van der Waals surface area contributed by atoms with Crippen LogP contribution in [0.2, 0.25) is 0 Å². The average Bonchev–Trinajstić information content (AvgIpc) is 2.38. The molecule has 0 spiro atoms. The maximum atomic E-state index is 9.83. The Kier molecular flexibility index (Phi) is 3.85. The van der Waals surface area contributed by atoms with E-state index in [0.717, 1.165) is 37.4 Å². The molecule has 0 bridgehead atoms. The lowest BCUT2D eigenvalue weighted by atomic mass is 10.0. The van der Waals surface area contributed by atoms with E-state index in [4.69, 9.17) is 5.26 Å². The molecule has 96 valence electrons. The highest BCUT2D eigenvalue weighted by atomic mass is 16.3. The first-order chi connectivity index (χ1) is 8.61. The summed E-state index contributed by atoms with van der Waals surface area (Å²) in [6, 6.07) is 7.67. The van der Waals surface area contributed by atoms with Gasteiger partial charge in [-0.3, -0.25) is 0 Å². The van der Waals surface area contributed by atoms with Crippen LogP contribution in [0.15, 0.2) is 18.2 Å². The number of aliphatic hydroxyl groups excluding tert-OH is 1. The van der Waals surface area contributed by atoms with E-state index in [1.807, 2.05) is 12.1 Å². The minimum Gasteiger partial charge on any atom is -0.389 e. The van der Waals surface area contributed by atoms with Gasteiger partial charge in [-0.05, 0) is 26.1 Å². The molecule has 1 aromatic carbocycles. The van der Waals surface area contributed by atoms with Crippen LogP contribution in [0.3, 0.4) is 0 Å². The molecule has 1 heterocycles. The molecule has 1 saturated heterocycles. The van der Waals surface area contributed by atoms with Gasteiger partial charge >= 0.3 is 0 Å². The number of piperazine rings is 1. The smallest absolute Gasteiger partial charge is 0.0992 e. The summed E-state index contributed by atoms with van der Waals surface area (Å²) in [5.41, 5.74) is 2.55. The molecule has 18 heavy (non-hydrogen) atoms. The first kappa shape index (κ1) is 12.9. The maximum absolute atomic E-state index is 9.83. The lowest BCUT2D eigenvalue weighted by Gasteiger charge is -2.35. The Labute approximate surface area is 108 Å². The number of hydrogen-bond donors (Lipinski definition) is 1. The third-order valence-corrected chi connectivity index (χ3v) is 3.45. The minimum atomic E-state index is -0.507. The zero-order valence-corrected chi connectivity index (χ0v) is 10.9. The SMILES string of the molecule is C[C@H](O)c1ccc(C#N)cc1N1CCN(C)CC1. The molecule has 1 atom stereocenters. The van der Waals surface area contributed by atoms with Crippen LogP contribution < -0.4 is 4.90 Å². The summed E-state index contributed by atoms with van der Waals surface area (Å²) >= 11 is 0. The van der Waals surface area contributed by atoms with Gasteiger partial charge in [-0.25, -0.2) is 0 Å². The molecule has 0 unspecified atom stereocenters. The summed E-state index contributed by atoms with van der Waals surface area (Å²) in [6.07, 6.45) is -0.507. The Balaban J connectivity index is 2.32. The largest absolute Gasteiger partial charge is 0.389 e. The van der Waals surface area contributed by atoms with Crippen molar-refractivity contribution in [2.45, 2.75) is 13.0 Å². The van der Waals surface area contributed by atoms with Crippen LogP contribution >= 0.6 is 0 Å². The molecule has 1 aliphatic rings. The molecule has 4 nitrogen and oxygen atoms in total. The van der Waals surface area contributed by atoms with Crippen molar-refractivity contribution in [2.75, 3.05) is 38.1 Å². The molecule has 4 heteroatoms. The Morgan fingerprint density at radius 3 is 2.50 bits per heavy atom. The summed E-state index contributed by atoms with van der Waals surface area (Å²) in [5, 5.41) is 18.8. The highest BCUT2D eigenvalue weighted by molar-refractivity contribution is 5.58. The highest BCUT2D eigenvalue weighted by Crippen LogP contribution is 2.28. The van der Waals surface area contributed by atoms with Crippen molar-refractivity contribution >= 4 is 5.69 Å². The minimum absolute atomic E-state index is 0.507. The van der Waals surface area contributed by atoms with Crippen molar-refractivity contribution in [3.8, 4) is 6.07 Å². The van der Waals surface area contributed by atoms with Crippen LogP contribution in [0.5, 0.6) is 0 Å². The van der Waals surface area contributed by atoms with E-state index < -0.39 is 6.10 Å². The van der Waals surface area contributed by atoms with Gasteiger partial charge in [-0.1, -0.05) is 6.07 Å². The summed E-state index contributed by atoms with van der Waals surface area (Å²) in [5.74, 6) is 0. The predicted molar refractivity (Wildman–Crippen MR) is 71.5 cm³/mol. The van der Waals surface area contributed by atoms with Crippen molar-refractivity contribution in [2.24, 2.45) is 0 Å². The van der Waals surface area contributed by atoms with Gasteiger partial charge in [0.25, 0.3) is 0 Å². The van der Waals surface area contributed by atoms with Gasteiger partial charge in [-0.2, -0.15) is 5.26 Å². The van der Waals surface area contributed by atoms with Gasteiger partial charge in [0.05, 0.1) is 17.7 Å². The van der Waals surface area contributed by atoms with Crippen molar-refractivity contribution in [3.63, 3.8) is 0 Å². The lowest BCUT2D eigenvalue weighted by molar-refractivity contribution is 0.199. The molecule has 0 saturated carbocycles. The topological polar surface area (TPSA) is 50.5 Å². The number of likely N-dealkylation sites (N-methyl/N-ethyl adjacent to an activating group) is 1. The third-order valence-electron chi connectivity index (χ3n) is 3.45. The summed E-state index contributed by atoms with van der Waals surface area (Å²) < 4.78 is 0. The number of nitriles is 1. The van der Waals surface area contributed by atoms with Gasteiger partial charge in [0, 0.05) is 37.4 Å². The fraction of sp³-hybridized carbons (Fsp3) is 0.500. The first-order valence-corrected chi connectivity index (χ1v) is 6.27. The number of benzene rings is 1. The van der Waals surface area contributed by atoms with Gasteiger partial charge in [0.1, 0.15) is 0 Å². The Hall–Kier alpha value is -1.57. The number of rotatable bonds is 2. The standard InChI is InChI=1S/C14H19N3O/c1-11(18)13-4-3-12(10-15)9-14(13)17-7-5-16(2)6-8-17/h3-4,9,11,18H,5-8H2,1-2H3/t11-/m0/s1. The van der Waals surface area contributed by atoms with E-state index in [9.17, 15) is 5.11 Å². The van der Waals surface area contributed by atoms with E-state index >= 15 is 0 Å². The van der Waals surface area contributed by atoms with E-state index in [1.165, 1.54) is 0 Å². The van der Waals surface area contributed by atoms with Crippen LogP contribution in [0.4, 0.5) is 5.69 Å². The van der Waals surface area contributed by atoms with Crippen molar-refractivity contribution < 1.29 is 5.11 Å². The average molecular weight is 245 g/mol. The predicted octanol–water partition coefficient (Wildman–Crippen LogP) is 1.36. The van der Waals surface area contributed by atoms with Crippen LogP contribution in [-0.4, -0.2) is 43.2 Å². The molecule has 0 aromatic heterocycles. The van der Waals surface area contributed by atoms with Crippen LogP contribution in [-0.2, 0) is 0 Å². The Bertz CT molecular complexity index is 457. The number of nitrogens with zero attached hydrogens (tertiary/aromatic N) is 3. The summed E-state index contributed by atoms with van der Waals surface area (Å²) in [4.78, 5) is 4.54. The molecule has 0 aliphatic carbocycles. The van der Waals surface area contributed by atoms with E-state index in [-0.39, 0.29) is 0 Å². The Morgan fingerprint density at radius 2 is 1.94 bits per heavy atom. The molecular weight excluding hydrogens is 226 g/mol. The maximum Gasteiger partial charge on any atom is 0.0992 e. The number of hydrogen-bond acceptors (Lipinski definition) is 4. The normalized spacial score (nSPS) is 18.4. The second kappa shape index (κ2) is 5.38. The molecule has 0 amide bonds. The molecule has 0 radical (unpaired) electrons. The molecule has 2 rings (SSSR count). The fourth-order valence-electron chi connectivity index (χ4n) is 2.29. The molecule has 1 aromatic rings. The van der Waals surface area contributed by atoms with Crippen LogP contribution in [0, 0.1) is 11.3 Å². The summed E-state index contributed by atoms with van der Waals surface area (Å²) in [6.45, 7) is 5.66. The number of aliphatic hydroxyl groups is 1. The Morgan fingerprint density at radius 1 is 1.28 bits per heavy atom. The monoisotopic (exact) mass is 245 g/mol. The van der Waals surface area contributed by atoms with Gasteiger partial charge in [-0.15, -0.1) is 0 Å². The van der Waals surface area contributed by atoms with Gasteiger partial charge < -0.3 is 14.9 Å². The zero-order chi connectivity index (χ0) is 13.1. The van der Waals surface area contributed by atoms with Crippen LogP contribution in [0.25, 0.3) is 0 Å². The van der Waals surface area contributed by atoms with E-state index in [0.29, 0.717) is 5.56 Å². The second-order valence-electron chi connectivity index (χ2n) is 4.85. The van der Waals surface area contributed by atoms with Crippen molar-refractivity contribution in [1.82, 2.24) is 4.90 Å².